The minimum absolute atomic E-state index is 0.233. The average Bonchev–Trinajstić information content (AvgIpc) is 3.34. The van der Waals surface area contributed by atoms with Gasteiger partial charge in [0.15, 0.2) is 11.6 Å². The average molecular weight is 502 g/mol. The summed E-state index contributed by atoms with van der Waals surface area (Å²) in [5.74, 6) is 2.25. The van der Waals surface area contributed by atoms with Crippen LogP contribution in [0.15, 0.2) is 54.7 Å². The molecule has 6 rings (SSSR count). The van der Waals surface area contributed by atoms with Gasteiger partial charge in [-0.25, -0.2) is 18.9 Å². The monoisotopic (exact) mass is 501 g/mol. The Balaban J connectivity index is 1.23. The molecule has 2 aromatic heterocycles. The number of piperazine rings is 1. The van der Waals surface area contributed by atoms with E-state index in [4.69, 9.17) is 20.6 Å². The first-order valence-corrected chi connectivity index (χ1v) is 13.1. The molecular weight excluding hydrogens is 469 g/mol. The maximum Gasteiger partial charge on any atom is 0.185 e. The van der Waals surface area contributed by atoms with Crippen LogP contribution in [0.4, 0.5) is 10.2 Å². The van der Waals surface area contributed by atoms with E-state index in [-0.39, 0.29) is 23.1 Å². The van der Waals surface area contributed by atoms with E-state index in [1.807, 2.05) is 30.3 Å². The highest BCUT2D eigenvalue weighted by atomic mass is 19.1. The molecule has 1 aliphatic carbocycles. The fourth-order valence-corrected chi connectivity index (χ4v) is 5.68. The van der Waals surface area contributed by atoms with Crippen LogP contribution in [0.25, 0.3) is 16.9 Å². The lowest BCUT2D eigenvalue weighted by Gasteiger charge is -2.40. The topological polar surface area (TPSA) is 93.6 Å². The zero-order chi connectivity index (χ0) is 25.4. The normalized spacial score (nSPS) is 22.8. The van der Waals surface area contributed by atoms with Crippen molar-refractivity contribution in [1.82, 2.24) is 29.8 Å². The van der Waals surface area contributed by atoms with Crippen molar-refractivity contribution in [3.8, 4) is 22.9 Å². The first-order valence-electron chi connectivity index (χ1n) is 13.1. The maximum atomic E-state index is 15.2. The Labute approximate surface area is 215 Å². The third kappa shape index (κ3) is 4.89. The van der Waals surface area contributed by atoms with Gasteiger partial charge in [0.05, 0.1) is 11.8 Å². The Morgan fingerprint density at radius 1 is 1.05 bits per heavy atom. The molecule has 0 amide bonds. The highest BCUT2D eigenvalue weighted by molar-refractivity contribution is 5.68. The summed E-state index contributed by atoms with van der Waals surface area (Å²) in [6.07, 6.45) is 6.09. The van der Waals surface area contributed by atoms with Crippen LogP contribution in [0.5, 0.6) is 11.5 Å². The third-order valence-corrected chi connectivity index (χ3v) is 7.59. The predicted octanol–water partition coefficient (Wildman–Crippen LogP) is 4.62. The number of rotatable bonds is 5. The van der Waals surface area contributed by atoms with Crippen LogP contribution in [0, 0.1) is 5.82 Å². The van der Waals surface area contributed by atoms with Crippen LogP contribution in [-0.2, 0) is 0 Å². The summed E-state index contributed by atoms with van der Waals surface area (Å²) in [6.45, 7) is 5.53. The first kappa shape index (κ1) is 23.8. The second-order valence-corrected chi connectivity index (χ2v) is 10.1. The van der Waals surface area contributed by atoms with E-state index in [0.29, 0.717) is 29.1 Å². The molecule has 37 heavy (non-hydrogen) atoms. The van der Waals surface area contributed by atoms with Crippen LogP contribution in [0.1, 0.15) is 44.3 Å². The van der Waals surface area contributed by atoms with Crippen LogP contribution >= 0.6 is 0 Å². The Bertz CT molecular complexity index is 1380. The van der Waals surface area contributed by atoms with E-state index in [0.717, 1.165) is 51.1 Å². The lowest BCUT2D eigenvalue weighted by Crippen LogP contribution is -2.53. The predicted molar refractivity (Wildman–Crippen MR) is 141 cm³/mol. The minimum atomic E-state index is -0.473. The molecular formula is C28H32FN7O. The molecule has 2 aliphatic rings. The zero-order valence-corrected chi connectivity index (χ0v) is 21.0. The molecule has 0 bridgehead atoms. The van der Waals surface area contributed by atoms with Gasteiger partial charge in [0.1, 0.15) is 28.7 Å². The number of halogens is 1. The van der Waals surface area contributed by atoms with Crippen molar-refractivity contribution in [3.05, 3.63) is 66.4 Å². The fraction of sp³-hybridized carbons (Fsp3) is 0.393. The van der Waals surface area contributed by atoms with Gasteiger partial charge in [0, 0.05) is 43.7 Å². The van der Waals surface area contributed by atoms with Gasteiger partial charge >= 0.3 is 0 Å². The van der Waals surface area contributed by atoms with E-state index in [1.54, 1.807) is 22.8 Å². The van der Waals surface area contributed by atoms with Crippen LogP contribution < -0.4 is 15.8 Å². The molecule has 2 fully saturated rings. The first-order chi connectivity index (χ1) is 18.0. The molecule has 9 heteroatoms. The van der Waals surface area contributed by atoms with E-state index in [1.165, 1.54) is 6.07 Å². The molecule has 1 atom stereocenters. The van der Waals surface area contributed by atoms with Crippen molar-refractivity contribution in [2.24, 2.45) is 0 Å². The van der Waals surface area contributed by atoms with Crippen LogP contribution in [-0.4, -0.2) is 56.2 Å². The number of para-hydroxylation sites is 1. The number of nitrogen functional groups attached to an aromatic ring is 1. The van der Waals surface area contributed by atoms with Gasteiger partial charge < -0.3 is 15.8 Å². The van der Waals surface area contributed by atoms with Crippen LogP contribution in [0.3, 0.4) is 0 Å². The van der Waals surface area contributed by atoms with Gasteiger partial charge in [-0.1, -0.05) is 18.2 Å². The smallest absolute Gasteiger partial charge is 0.185 e. The van der Waals surface area contributed by atoms with E-state index < -0.39 is 5.82 Å². The number of imidazole rings is 1. The third-order valence-electron chi connectivity index (χ3n) is 7.59. The van der Waals surface area contributed by atoms with Gasteiger partial charge in [-0.05, 0) is 56.9 Å². The summed E-state index contributed by atoms with van der Waals surface area (Å²) in [5.41, 5.74) is 7.20. The van der Waals surface area contributed by atoms with Crippen LogP contribution in [0.2, 0.25) is 0 Å². The van der Waals surface area contributed by atoms with Gasteiger partial charge in [-0.2, -0.15) is 0 Å². The summed E-state index contributed by atoms with van der Waals surface area (Å²) in [5, 5.41) is 8.23. The number of nitrogens with one attached hydrogen (secondary N) is 1. The number of hydrogen-bond acceptors (Lipinski definition) is 7. The number of fused-ring (bicyclic) bond motifs is 1. The Morgan fingerprint density at radius 2 is 1.86 bits per heavy atom. The highest BCUT2D eigenvalue weighted by Crippen LogP contribution is 2.35. The standard InChI is InChI=1S/C28H32FN7O/c1-18-17-35(14-13-31-18)20-9-7-19(8-10-20)28-32-16-25-26(30)33-27(34-36(25)28)23-12-11-22(15-24(23)29)37-21-5-3-2-4-6-21/h2-6,11-12,15-16,18-20,31H,7-10,13-14,17H2,1H3,(H2,30,33,34)/t18-,19-,20+/m0/s1. The van der Waals surface area contributed by atoms with Crippen molar-refractivity contribution < 1.29 is 9.13 Å². The summed E-state index contributed by atoms with van der Waals surface area (Å²) in [6, 6.07) is 15.1. The molecule has 0 radical (unpaired) electrons. The summed E-state index contributed by atoms with van der Waals surface area (Å²) < 4.78 is 22.7. The molecule has 2 aromatic carbocycles. The quantitative estimate of drug-likeness (QED) is 0.412. The molecule has 1 saturated carbocycles. The molecule has 192 valence electrons. The van der Waals surface area contributed by atoms with Crippen molar-refractivity contribution >= 4 is 11.3 Å². The van der Waals surface area contributed by atoms with E-state index >= 15 is 4.39 Å². The fourth-order valence-electron chi connectivity index (χ4n) is 5.68. The summed E-state index contributed by atoms with van der Waals surface area (Å²) in [7, 11) is 0. The summed E-state index contributed by atoms with van der Waals surface area (Å²) >= 11 is 0. The number of ether oxygens (including phenoxy) is 1. The second-order valence-electron chi connectivity index (χ2n) is 10.1. The molecule has 0 spiro atoms. The van der Waals surface area contributed by atoms with E-state index in [2.05, 4.69) is 22.1 Å². The summed E-state index contributed by atoms with van der Waals surface area (Å²) in [4.78, 5) is 11.7. The zero-order valence-electron chi connectivity index (χ0n) is 21.0. The molecule has 8 nitrogen and oxygen atoms in total. The molecule has 3 N–H and O–H groups in total. The molecule has 1 saturated heterocycles. The van der Waals surface area contributed by atoms with Crippen molar-refractivity contribution in [2.75, 3.05) is 25.4 Å². The Kier molecular flexibility index (Phi) is 6.48. The molecule has 3 heterocycles. The van der Waals surface area contributed by atoms with Gasteiger partial charge in [0.2, 0.25) is 0 Å². The van der Waals surface area contributed by atoms with Crippen molar-refractivity contribution in [3.63, 3.8) is 0 Å². The minimum Gasteiger partial charge on any atom is -0.457 e. The lowest BCUT2D eigenvalue weighted by molar-refractivity contribution is 0.114. The maximum absolute atomic E-state index is 15.2. The number of aromatic nitrogens is 4. The molecule has 1 aliphatic heterocycles. The highest BCUT2D eigenvalue weighted by Gasteiger charge is 2.31. The number of nitrogens with zero attached hydrogens (tertiary/aromatic N) is 5. The SMILES string of the molecule is C[C@H]1CN([C@H]2CC[C@@H](c3ncc4c(N)nc(-c5ccc(Oc6ccccc6)cc5F)nn43)CC2)CCN1. The van der Waals surface area contributed by atoms with E-state index in [9.17, 15) is 0 Å². The Hall–Kier alpha value is -3.56. The molecule has 4 aromatic rings. The number of benzene rings is 2. The Morgan fingerprint density at radius 3 is 2.62 bits per heavy atom. The number of anilines is 1. The lowest BCUT2D eigenvalue weighted by atomic mass is 9.84. The number of hydrogen-bond donors (Lipinski definition) is 2. The van der Waals surface area contributed by atoms with Crippen molar-refractivity contribution in [1.29, 1.82) is 0 Å². The van der Waals surface area contributed by atoms with Gasteiger partial charge in [-0.3, -0.25) is 4.90 Å². The van der Waals surface area contributed by atoms with Gasteiger partial charge in [-0.15, -0.1) is 5.10 Å². The van der Waals surface area contributed by atoms with Crippen molar-refractivity contribution in [2.45, 2.75) is 50.6 Å². The van der Waals surface area contributed by atoms with Gasteiger partial charge in [0.25, 0.3) is 0 Å². The molecule has 0 unspecified atom stereocenters. The second kappa shape index (κ2) is 10.1. The number of nitrogens with two attached hydrogens (primary N) is 1. The largest absolute Gasteiger partial charge is 0.457 e.